The average Bonchev–Trinajstić information content (AvgIpc) is 2.42. The van der Waals surface area contributed by atoms with Gasteiger partial charge in [0.25, 0.3) is 0 Å². The fourth-order valence-electron chi connectivity index (χ4n) is 2.87. The normalized spacial score (nSPS) is 30.7. The largest absolute Gasteiger partial charge is 0.384 e. The molecule has 2 aliphatic rings. The van der Waals surface area contributed by atoms with Gasteiger partial charge in [0, 0.05) is 12.6 Å². The smallest absolute Gasteiger partial charge is 0.248 e. The van der Waals surface area contributed by atoms with Gasteiger partial charge in [-0.1, -0.05) is 13.8 Å². The Morgan fingerprint density at radius 1 is 1.38 bits per heavy atom. The molecule has 2 rings (SSSR count). The van der Waals surface area contributed by atoms with Crippen LogP contribution in [-0.4, -0.2) is 58.5 Å². The second kappa shape index (κ2) is 6.01. The van der Waals surface area contributed by atoms with E-state index in [0.717, 1.165) is 0 Å². The number of carbonyl (C=O) groups excluding carboxylic acids is 3. The number of carbonyl (C=O) groups is 3. The maximum atomic E-state index is 12.4. The Bertz CT molecular complexity index is 450. The summed E-state index contributed by atoms with van der Waals surface area (Å²) in [6.45, 7) is 5.65. The molecule has 3 N–H and O–H groups in total. The number of hydrogen-bond acceptors (Lipinski definition) is 4. The van der Waals surface area contributed by atoms with Crippen LogP contribution in [0.3, 0.4) is 0 Å². The van der Waals surface area contributed by atoms with Crippen LogP contribution in [0, 0.1) is 5.92 Å². The minimum atomic E-state index is -1.07. The molecule has 21 heavy (non-hydrogen) atoms. The molecule has 7 heteroatoms. The lowest BCUT2D eigenvalue weighted by Crippen LogP contribution is -2.68. The van der Waals surface area contributed by atoms with E-state index in [1.165, 1.54) is 6.92 Å². The summed E-state index contributed by atoms with van der Waals surface area (Å²) in [5.74, 6) is -0.606. The predicted octanol–water partition coefficient (Wildman–Crippen LogP) is -1.00. The molecule has 2 saturated heterocycles. The van der Waals surface area contributed by atoms with Crippen LogP contribution >= 0.6 is 0 Å². The van der Waals surface area contributed by atoms with Crippen molar-refractivity contribution in [2.45, 2.75) is 57.8 Å². The zero-order chi connectivity index (χ0) is 15.7. The zero-order valence-electron chi connectivity index (χ0n) is 12.6. The molecular weight excluding hydrogens is 274 g/mol. The molecule has 118 valence electrons. The van der Waals surface area contributed by atoms with Crippen molar-refractivity contribution < 1.29 is 19.5 Å². The van der Waals surface area contributed by atoms with E-state index in [9.17, 15) is 19.5 Å². The molecule has 0 radical (unpaired) electrons. The molecule has 2 heterocycles. The van der Waals surface area contributed by atoms with Crippen LogP contribution in [0.25, 0.3) is 0 Å². The molecule has 2 fully saturated rings. The molecule has 4 atom stereocenters. The number of hydrogen-bond donors (Lipinski definition) is 3. The Balaban J connectivity index is 2.03. The van der Waals surface area contributed by atoms with E-state index in [1.807, 2.05) is 13.8 Å². The lowest BCUT2D eigenvalue weighted by atomic mass is 9.90. The van der Waals surface area contributed by atoms with Crippen molar-refractivity contribution in [2.75, 3.05) is 6.54 Å². The topological polar surface area (TPSA) is 98.7 Å². The highest BCUT2D eigenvalue weighted by atomic mass is 16.3. The lowest BCUT2D eigenvalue weighted by Gasteiger charge is -2.45. The second-order valence-electron chi connectivity index (χ2n) is 6.18. The third-order valence-corrected chi connectivity index (χ3v) is 4.14. The van der Waals surface area contributed by atoms with Gasteiger partial charge in [0.15, 0.2) is 0 Å². The van der Waals surface area contributed by atoms with Crippen LogP contribution in [-0.2, 0) is 14.4 Å². The van der Waals surface area contributed by atoms with Crippen LogP contribution in [0.2, 0.25) is 0 Å². The van der Waals surface area contributed by atoms with Gasteiger partial charge in [-0.2, -0.15) is 0 Å². The summed E-state index contributed by atoms with van der Waals surface area (Å²) < 4.78 is 0. The number of nitrogens with one attached hydrogen (secondary N) is 2. The first-order valence-electron chi connectivity index (χ1n) is 7.40. The number of piperazine rings is 1. The summed E-state index contributed by atoms with van der Waals surface area (Å²) >= 11 is 0. The van der Waals surface area contributed by atoms with Gasteiger partial charge in [-0.3, -0.25) is 14.4 Å². The van der Waals surface area contributed by atoms with Gasteiger partial charge >= 0.3 is 0 Å². The Morgan fingerprint density at radius 2 is 2.05 bits per heavy atom. The lowest BCUT2D eigenvalue weighted by molar-refractivity contribution is -0.153. The molecule has 0 spiro atoms. The van der Waals surface area contributed by atoms with E-state index in [2.05, 4.69) is 10.6 Å². The molecule has 0 saturated carbocycles. The third-order valence-electron chi connectivity index (χ3n) is 4.14. The minimum absolute atomic E-state index is 0.0464. The quantitative estimate of drug-likeness (QED) is 0.622. The summed E-state index contributed by atoms with van der Waals surface area (Å²) in [5, 5.41) is 14.7. The highest BCUT2D eigenvalue weighted by Crippen LogP contribution is 2.24. The predicted molar refractivity (Wildman–Crippen MR) is 75.1 cm³/mol. The van der Waals surface area contributed by atoms with Crippen molar-refractivity contribution in [1.29, 1.82) is 0 Å². The van der Waals surface area contributed by atoms with Gasteiger partial charge in [-0.15, -0.1) is 0 Å². The van der Waals surface area contributed by atoms with Crippen molar-refractivity contribution in [3.05, 3.63) is 0 Å². The van der Waals surface area contributed by atoms with Crippen molar-refractivity contribution in [3.63, 3.8) is 0 Å². The van der Waals surface area contributed by atoms with Crippen LogP contribution < -0.4 is 10.6 Å². The first kappa shape index (κ1) is 15.8. The molecular formula is C14H23N3O4. The molecule has 0 aromatic heterocycles. The van der Waals surface area contributed by atoms with Crippen LogP contribution in [0.5, 0.6) is 0 Å². The standard InChI is InChI=1S/C14H23N3O4/c1-7(2)11-14(21)17-5-4-9(15-12(19)8(3)18)6-10(17)13(20)16-11/h7-11,18H,4-6H2,1-3H3,(H,15,19)(H,16,20). The number of amides is 3. The summed E-state index contributed by atoms with van der Waals surface area (Å²) in [5.41, 5.74) is 0. The van der Waals surface area contributed by atoms with Crippen molar-refractivity contribution in [1.82, 2.24) is 15.5 Å². The van der Waals surface area contributed by atoms with Gasteiger partial charge < -0.3 is 20.6 Å². The zero-order valence-corrected chi connectivity index (χ0v) is 12.6. The number of nitrogens with zero attached hydrogens (tertiary/aromatic N) is 1. The molecule has 3 amide bonds. The number of aliphatic hydroxyl groups excluding tert-OH is 1. The Morgan fingerprint density at radius 3 is 2.62 bits per heavy atom. The van der Waals surface area contributed by atoms with Crippen LogP contribution in [0.4, 0.5) is 0 Å². The summed E-state index contributed by atoms with van der Waals surface area (Å²) in [4.78, 5) is 37.7. The van der Waals surface area contributed by atoms with Crippen molar-refractivity contribution in [3.8, 4) is 0 Å². The fourth-order valence-corrected chi connectivity index (χ4v) is 2.87. The summed E-state index contributed by atoms with van der Waals surface area (Å²) in [6.07, 6.45) is -0.0882. The summed E-state index contributed by atoms with van der Waals surface area (Å²) in [6, 6.07) is -1.18. The average molecular weight is 297 g/mol. The number of piperidine rings is 1. The highest BCUT2D eigenvalue weighted by Gasteiger charge is 2.44. The molecule has 7 nitrogen and oxygen atoms in total. The highest BCUT2D eigenvalue weighted by molar-refractivity contribution is 5.97. The van der Waals surface area contributed by atoms with E-state index in [0.29, 0.717) is 19.4 Å². The van der Waals surface area contributed by atoms with Crippen molar-refractivity contribution in [2.24, 2.45) is 5.92 Å². The Labute approximate surface area is 124 Å². The van der Waals surface area contributed by atoms with E-state index in [4.69, 9.17) is 0 Å². The minimum Gasteiger partial charge on any atom is -0.384 e. The van der Waals surface area contributed by atoms with Gasteiger partial charge in [0.1, 0.15) is 18.2 Å². The van der Waals surface area contributed by atoms with Crippen molar-refractivity contribution >= 4 is 17.7 Å². The van der Waals surface area contributed by atoms with Gasteiger partial charge in [0.05, 0.1) is 0 Å². The van der Waals surface area contributed by atoms with E-state index in [-0.39, 0.29) is 23.8 Å². The van der Waals surface area contributed by atoms with E-state index in [1.54, 1.807) is 4.90 Å². The molecule has 0 aromatic carbocycles. The molecule has 2 aliphatic heterocycles. The molecule has 0 aliphatic carbocycles. The number of rotatable bonds is 3. The van der Waals surface area contributed by atoms with Gasteiger partial charge in [0.2, 0.25) is 17.7 Å². The first-order chi connectivity index (χ1) is 9.81. The Hall–Kier alpha value is -1.63. The SMILES string of the molecule is CC(O)C(=O)NC1CCN2C(=O)C(C(C)C)NC(=O)C2C1. The van der Waals surface area contributed by atoms with Crippen LogP contribution in [0.1, 0.15) is 33.6 Å². The molecule has 0 aromatic rings. The number of fused-ring (bicyclic) bond motifs is 1. The van der Waals surface area contributed by atoms with Gasteiger partial charge in [-0.25, -0.2) is 0 Å². The van der Waals surface area contributed by atoms with Gasteiger partial charge in [-0.05, 0) is 25.7 Å². The molecule has 0 bridgehead atoms. The summed E-state index contributed by atoms with van der Waals surface area (Å²) in [7, 11) is 0. The van der Waals surface area contributed by atoms with E-state index >= 15 is 0 Å². The maximum absolute atomic E-state index is 12.4. The number of aliphatic hydroxyl groups is 1. The maximum Gasteiger partial charge on any atom is 0.248 e. The van der Waals surface area contributed by atoms with E-state index < -0.39 is 24.1 Å². The second-order valence-corrected chi connectivity index (χ2v) is 6.18. The molecule has 4 unspecified atom stereocenters. The first-order valence-corrected chi connectivity index (χ1v) is 7.40. The van der Waals surface area contributed by atoms with Crippen LogP contribution in [0.15, 0.2) is 0 Å². The third kappa shape index (κ3) is 3.18. The fraction of sp³-hybridized carbons (Fsp3) is 0.786. The monoisotopic (exact) mass is 297 g/mol. The Kier molecular flexibility index (Phi) is 4.51.